The van der Waals surface area contributed by atoms with Crippen LogP contribution in [-0.4, -0.2) is 21.6 Å². The number of anilines is 1. The molecule has 0 radical (unpaired) electrons. The molecule has 28 heavy (non-hydrogen) atoms. The van der Waals surface area contributed by atoms with Crippen LogP contribution in [0, 0.1) is 17.3 Å². The monoisotopic (exact) mass is 383 g/mol. The van der Waals surface area contributed by atoms with E-state index in [-0.39, 0.29) is 12.0 Å². The maximum absolute atomic E-state index is 11.2. The molecule has 1 aromatic heterocycles. The maximum atomic E-state index is 11.2. The summed E-state index contributed by atoms with van der Waals surface area (Å²) in [6, 6.07) is 7.66. The Morgan fingerprint density at radius 3 is 2.43 bits per heavy atom. The summed E-state index contributed by atoms with van der Waals surface area (Å²) in [5.74, 6) is 2.10. The minimum absolute atomic E-state index is 0.0674. The van der Waals surface area contributed by atoms with Crippen molar-refractivity contribution in [1.29, 1.82) is 0 Å². The predicted molar refractivity (Wildman–Crippen MR) is 112 cm³/mol. The number of benzene rings is 1. The summed E-state index contributed by atoms with van der Waals surface area (Å²) in [5, 5.41) is 2.80. The number of aromatic nitrogens is 2. The maximum Gasteiger partial charge on any atom is 0.221 e. The van der Waals surface area contributed by atoms with Crippen molar-refractivity contribution in [2.75, 3.05) is 5.32 Å². The van der Waals surface area contributed by atoms with Gasteiger partial charge in [0.1, 0.15) is 11.9 Å². The van der Waals surface area contributed by atoms with Crippen molar-refractivity contribution in [1.82, 2.24) is 9.55 Å². The highest BCUT2D eigenvalue weighted by Crippen LogP contribution is 2.41. The predicted octanol–water partition coefficient (Wildman–Crippen LogP) is 5.14. The van der Waals surface area contributed by atoms with Gasteiger partial charge in [-0.3, -0.25) is 4.79 Å². The standard InChI is InChI=1S/C23H33N3O2/c1-17(27)25-20-9-11-21(12-10-20)28-22(15-26-14-13-24-16-26)18-5-7-19(8-6-18)23(2,3)4/h9-14,16,18-19,22H,5-8,15H2,1-4H3,(H,25,27). The molecule has 0 spiro atoms. The Balaban J connectivity index is 1.68. The summed E-state index contributed by atoms with van der Waals surface area (Å²) in [7, 11) is 0. The van der Waals surface area contributed by atoms with Gasteiger partial charge in [-0.1, -0.05) is 20.8 Å². The first-order chi connectivity index (χ1) is 13.3. The summed E-state index contributed by atoms with van der Waals surface area (Å²) in [5.41, 5.74) is 1.17. The highest BCUT2D eigenvalue weighted by molar-refractivity contribution is 5.88. The number of imidazole rings is 1. The van der Waals surface area contributed by atoms with Gasteiger partial charge in [0, 0.05) is 25.0 Å². The lowest BCUT2D eigenvalue weighted by Gasteiger charge is -2.39. The van der Waals surface area contributed by atoms with Crippen molar-refractivity contribution in [2.24, 2.45) is 17.3 Å². The molecule has 1 aliphatic rings. The summed E-state index contributed by atoms with van der Waals surface area (Å²) < 4.78 is 8.55. The summed E-state index contributed by atoms with van der Waals surface area (Å²) in [6.07, 6.45) is 10.7. The number of nitrogens with one attached hydrogen (secondary N) is 1. The molecule has 3 rings (SSSR count). The van der Waals surface area contributed by atoms with Gasteiger partial charge in [-0.25, -0.2) is 4.98 Å². The van der Waals surface area contributed by atoms with Crippen LogP contribution in [0.4, 0.5) is 5.69 Å². The van der Waals surface area contributed by atoms with Crippen molar-refractivity contribution >= 4 is 11.6 Å². The van der Waals surface area contributed by atoms with Crippen molar-refractivity contribution in [3.63, 3.8) is 0 Å². The Labute approximate surface area is 168 Å². The van der Waals surface area contributed by atoms with E-state index in [9.17, 15) is 4.79 Å². The zero-order valence-corrected chi connectivity index (χ0v) is 17.5. The van der Waals surface area contributed by atoms with Gasteiger partial charge < -0.3 is 14.6 Å². The minimum atomic E-state index is -0.0674. The third-order valence-electron chi connectivity index (χ3n) is 5.93. The Morgan fingerprint density at radius 1 is 1.21 bits per heavy atom. The van der Waals surface area contributed by atoms with Crippen LogP contribution in [-0.2, 0) is 11.3 Å². The number of hydrogen-bond acceptors (Lipinski definition) is 3. The van der Waals surface area contributed by atoms with Crippen molar-refractivity contribution in [3.05, 3.63) is 43.0 Å². The van der Waals surface area contributed by atoms with Crippen molar-refractivity contribution < 1.29 is 9.53 Å². The second-order valence-corrected chi connectivity index (χ2v) is 9.10. The van der Waals surface area contributed by atoms with E-state index in [1.165, 1.54) is 32.6 Å². The molecule has 1 amide bonds. The molecule has 1 aromatic carbocycles. The van der Waals surface area contributed by atoms with Gasteiger partial charge in [0.15, 0.2) is 0 Å². The van der Waals surface area contributed by atoms with Crippen LogP contribution in [0.5, 0.6) is 5.75 Å². The molecule has 2 aromatic rings. The summed E-state index contributed by atoms with van der Waals surface area (Å²) in [6.45, 7) is 9.38. The van der Waals surface area contributed by atoms with Crippen LogP contribution in [0.3, 0.4) is 0 Å². The van der Waals surface area contributed by atoms with Crippen LogP contribution in [0.25, 0.3) is 0 Å². The van der Waals surface area contributed by atoms with Crippen molar-refractivity contribution in [3.8, 4) is 5.75 Å². The smallest absolute Gasteiger partial charge is 0.221 e. The number of hydrogen-bond donors (Lipinski definition) is 1. The van der Waals surface area contributed by atoms with Gasteiger partial charge in [0.25, 0.3) is 0 Å². The van der Waals surface area contributed by atoms with Gasteiger partial charge in [-0.15, -0.1) is 0 Å². The molecule has 1 N–H and O–H groups in total. The number of amides is 1. The molecule has 0 saturated heterocycles. The highest BCUT2D eigenvalue weighted by atomic mass is 16.5. The lowest BCUT2D eigenvalue weighted by atomic mass is 9.69. The molecule has 1 unspecified atom stereocenters. The van der Waals surface area contributed by atoms with Gasteiger partial charge in [-0.2, -0.15) is 0 Å². The van der Waals surface area contributed by atoms with Crippen molar-refractivity contribution in [2.45, 2.75) is 66.0 Å². The van der Waals surface area contributed by atoms with E-state index in [4.69, 9.17) is 4.74 Å². The molecule has 1 fully saturated rings. The van der Waals surface area contributed by atoms with E-state index in [1.807, 2.05) is 43.0 Å². The molecular weight excluding hydrogens is 350 g/mol. The fourth-order valence-corrected chi connectivity index (χ4v) is 4.24. The zero-order chi connectivity index (χ0) is 20.1. The van der Waals surface area contributed by atoms with E-state index < -0.39 is 0 Å². The lowest BCUT2D eigenvalue weighted by molar-refractivity contribution is -0.114. The van der Waals surface area contributed by atoms with Crippen LogP contribution in [0.2, 0.25) is 0 Å². The number of rotatable bonds is 6. The summed E-state index contributed by atoms with van der Waals surface area (Å²) in [4.78, 5) is 15.4. The van der Waals surface area contributed by atoms with E-state index in [0.29, 0.717) is 11.3 Å². The molecule has 5 nitrogen and oxygen atoms in total. The van der Waals surface area contributed by atoms with Crippen LogP contribution >= 0.6 is 0 Å². The Kier molecular flexibility index (Phi) is 6.42. The van der Waals surface area contributed by atoms with E-state index in [1.54, 1.807) is 0 Å². The molecule has 0 bridgehead atoms. The van der Waals surface area contributed by atoms with E-state index in [0.717, 1.165) is 23.9 Å². The highest BCUT2D eigenvalue weighted by Gasteiger charge is 2.33. The normalized spacial score (nSPS) is 21.1. The lowest BCUT2D eigenvalue weighted by Crippen LogP contribution is -2.36. The van der Waals surface area contributed by atoms with Crippen LogP contribution in [0.1, 0.15) is 53.4 Å². The van der Waals surface area contributed by atoms with Gasteiger partial charge in [-0.05, 0) is 67.2 Å². The Bertz CT molecular complexity index is 739. The molecule has 1 atom stereocenters. The molecule has 5 heteroatoms. The quantitative estimate of drug-likeness (QED) is 0.751. The molecule has 1 saturated carbocycles. The first-order valence-electron chi connectivity index (χ1n) is 10.3. The van der Waals surface area contributed by atoms with Gasteiger partial charge >= 0.3 is 0 Å². The summed E-state index contributed by atoms with van der Waals surface area (Å²) >= 11 is 0. The van der Waals surface area contributed by atoms with Gasteiger partial charge in [0.2, 0.25) is 5.91 Å². The zero-order valence-electron chi connectivity index (χ0n) is 17.5. The van der Waals surface area contributed by atoms with Gasteiger partial charge in [0.05, 0.1) is 12.9 Å². The molecule has 1 aliphatic carbocycles. The number of ether oxygens (including phenoxy) is 1. The Morgan fingerprint density at radius 2 is 1.89 bits per heavy atom. The second kappa shape index (κ2) is 8.80. The SMILES string of the molecule is CC(=O)Nc1ccc(OC(Cn2ccnc2)C2CCC(C(C)(C)C)CC2)cc1. The third-order valence-corrected chi connectivity index (χ3v) is 5.93. The first kappa shape index (κ1) is 20.4. The minimum Gasteiger partial charge on any atom is -0.488 e. The van der Waals surface area contributed by atoms with Crippen LogP contribution in [0.15, 0.2) is 43.0 Å². The Hall–Kier alpha value is -2.30. The van der Waals surface area contributed by atoms with Crippen LogP contribution < -0.4 is 10.1 Å². The first-order valence-corrected chi connectivity index (χ1v) is 10.3. The van der Waals surface area contributed by atoms with E-state index >= 15 is 0 Å². The number of carbonyl (C=O) groups excluding carboxylic acids is 1. The third kappa shape index (κ3) is 5.60. The average Bonchev–Trinajstić information content (AvgIpc) is 3.15. The van der Waals surface area contributed by atoms with E-state index in [2.05, 4.69) is 35.6 Å². The largest absolute Gasteiger partial charge is 0.488 e. The molecule has 1 heterocycles. The fourth-order valence-electron chi connectivity index (χ4n) is 4.24. The second-order valence-electron chi connectivity index (χ2n) is 9.10. The average molecular weight is 384 g/mol. The molecule has 0 aliphatic heterocycles. The topological polar surface area (TPSA) is 56.1 Å². The molecular formula is C23H33N3O2. The number of nitrogens with zero attached hydrogens (tertiary/aromatic N) is 2. The fraction of sp³-hybridized carbons (Fsp3) is 0.565. The number of carbonyl (C=O) groups is 1. The molecule has 152 valence electrons.